The molecule has 3 aromatic carbocycles. The third-order valence-electron chi connectivity index (χ3n) is 7.85. The van der Waals surface area contributed by atoms with Crippen molar-refractivity contribution in [1.82, 2.24) is 19.9 Å². The zero-order valence-corrected chi connectivity index (χ0v) is 28.0. The molecule has 5 rings (SSSR count). The van der Waals surface area contributed by atoms with E-state index in [0.717, 1.165) is 30.3 Å². The van der Waals surface area contributed by atoms with E-state index in [2.05, 4.69) is 44.8 Å². The van der Waals surface area contributed by atoms with E-state index < -0.39 is 39.0 Å². The van der Waals surface area contributed by atoms with Gasteiger partial charge in [0.25, 0.3) is 10.1 Å². The largest absolute Gasteiger partial charge is 0.505 e. The highest BCUT2D eigenvalue weighted by Gasteiger charge is 2.29. The summed E-state index contributed by atoms with van der Waals surface area (Å²) in [6.45, 7) is 5.09. The molecule has 1 aromatic heterocycles. The number of aliphatic hydroxyl groups is 4. The van der Waals surface area contributed by atoms with E-state index in [4.69, 9.17) is 5.26 Å². The van der Waals surface area contributed by atoms with Gasteiger partial charge in [-0.25, -0.2) is 10.1 Å². The van der Waals surface area contributed by atoms with E-state index in [1.807, 2.05) is 25.8 Å². The number of rotatable bonds is 11. The highest BCUT2D eigenvalue weighted by Crippen LogP contribution is 2.47. The number of phenolic OH excluding ortho intramolecular Hbond substituents is 1. The fourth-order valence-electron chi connectivity index (χ4n) is 5.31. The molecule has 2 heterocycles. The minimum absolute atomic E-state index is 0.0302. The van der Waals surface area contributed by atoms with E-state index in [9.17, 15) is 43.3 Å². The summed E-state index contributed by atoms with van der Waals surface area (Å²) in [4.78, 5) is 26.8. The lowest BCUT2D eigenvalue weighted by Crippen LogP contribution is -2.55. The number of piperazine rings is 1. The van der Waals surface area contributed by atoms with Crippen LogP contribution in [0.25, 0.3) is 10.8 Å². The highest BCUT2D eigenvalue weighted by atomic mass is 32.2. The molecule has 20 nitrogen and oxygen atoms in total. The van der Waals surface area contributed by atoms with Gasteiger partial charge in [0.1, 0.15) is 5.69 Å². The van der Waals surface area contributed by atoms with Crippen LogP contribution in [-0.4, -0.2) is 95.8 Å². The zero-order valence-electron chi connectivity index (χ0n) is 26.4. The van der Waals surface area contributed by atoms with Gasteiger partial charge in [-0.15, -0.1) is 9.45 Å². The van der Waals surface area contributed by atoms with E-state index in [0.29, 0.717) is 25.1 Å². The van der Waals surface area contributed by atoms with Crippen LogP contribution in [0, 0.1) is 0 Å². The van der Waals surface area contributed by atoms with Crippen molar-refractivity contribution in [3.8, 4) is 5.75 Å². The second-order valence-electron chi connectivity index (χ2n) is 11.4. The van der Waals surface area contributed by atoms with Crippen molar-refractivity contribution in [2.75, 3.05) is 30.4 Å². The number of phenols is 1. The Hall–Kier alpha value is -4.33. The molecular weight excluding hydrogens is 704 g/mol. The van der Waals surface area contributed by atoms with Crippen LogP contribution < -0.4 is 15.9 Å². The molecule has 0 amide bonds. The number of benzene rings is 3. The molecular formula is C28H32N8O12S2. The number of H-pyrrole nitrogens is 1. The topological polar surface area (TPSA) is 296 Å². The predicted molar refractivity (Wildman–Crippen MR) is 176 cm³/mol. The minimum Gasteiger partial charge on any atom is -0.505 e. The zero-order chi connectivity index (χ0) is 36.5. The molecule has 1 aliphatic rings. The average Bonchev–Trinajstić information content (AvgIpc) is 3.03. The molecule has 1 saturated heterocycles. The summed E-state index contributed by atoms with van der Waals surface area (Å²) in [5.74, 6) is -0.779. The van der Waals surface area contributed by atoms with Crippen LogP contribution in [0.1, 0.15) is 37.6 Å². The third-order valence-corrected chi connectivity index (χ3v) is 9.30. The Morgan fingerprint density at radius 2 is 1.68 bits per heavy atom. The first-order valence-corrected chi connectivity index (χ1v) is 16.7. The molecule has 0 bridgehead atoms. The van der Waals surface area contributed by atoms with Gasteiger partial charge < -0.3 is 35.7 Å². The molecule has 22 heteroatoms. The van der Waals surface area contributed by atoms with E-state index in [-0.39, 0.29) is 67.8 Å². The summed E-state index contributed by atoms with van der Waals surface area (Å²) in [7, 11) is -2.88. The highest BCUT2D eigenvalue weighted by molar-refractivity contribution is 7.94. The number of azo groups is 1. The maximum absolute atomic E-state index is 12.7. The van der Waals surface area contributed by atoms with Crippen LogP contribution in [0.2, 0.25) is 0 Å². The normalized spacial score (nSPS) is 17.5. The number of nitrogens with one attached hydrogen (secondary N) is 2. The Morgan fingerprint density at radius 3 is 2.30 bits per heavy atom. The number of aromatic amines is 1. The lowest BCUT2D eigenvalue weighted by molar-refractivity contribution is -0.432. The number of aliphatic hydroxyl groups excluding tert-OH is 2. The lowest BCUT2D eigenvalue weighted by atomic mass is 10.1. The van der Waals surface area contributed by atoms with Crippen molar-refractivity contribution in [3.63, 3.8) is 0 Å². The molecule has 2 atom stereocenters. The standard InChI is InChI=1S/C28H32N8O12S2/c1-12-11-36(13(2)10-35(12)3)27-30-26(31-28(42)32-27)29-19-9-18(50(44,45)46)7-14-8-20(49-48-47-43)22(23(37)21(14)19)34-33-17-5-15(24(38)39)4-16(6-17)25(40)41/h4-9,12-13,24-25,37-41,43H,10-11H2,1-3H3,(H,44,45,46)(H2,29,30,31,32,42). The second kappa shape index (κ2) is 14.9. The van der Waals surface area contributed by atoms with Crippen molar-refractivity contribution >= 4 is 61.9 Å². The Kier molecular flexibility index (Phi) is 11.0. The van der Waals surface area contributed by atoms with Gasteiger partial charge in [-0.3, -0.25) is 14.4 Å². The number of hydrogen-bond donors (Lipinski definition) is 9. The molecule has 0 spiro atoms. The smallest absolute Gasteiger partial charge is 0.351 e. The van der Waals surface area contributed by atoms with Crippen molar-refractivity contribution in [2.24, 2.45) is 10.2 Å². The molecule has 0 saturated carbocycles. The average molecular weight is 737 g/mol. The first-order chi connectivity index (χ1) is 23.5. The fourth-order valence-corrected chi connectivity index (χ4v) is 6.35. The maximum atomic E-state index is 12.7. The van der Waals surface area contributed by atoms with Gasteiger partial charge >= 0.3 is 5.69 Å². The molecule has 1 fully saturated rings. The van der Waals surface area contributed by atoms with Crippen LogP contribution in [0.15, 0.2) is 61.2 Å². The van der Waals surface area contributed by atoms with Gasteiger partial charge in [0.15, 0.2) is 18.3 Å². The predicted octanol–water partition coefficient (Wildman–Crippen LogP) is 2.35. The van der Waals surface area contributed by atoms with Gasteiger partial charge in [-0.2, -0.15) is 23.5 Å². The molecule has 268 valence electrons. The summed E-state index contributed by atoms with van der Waals surface area (Å²) in [6, 6.07) is 6.69. The fraction of sp³-hybridized carbons (Fsp3) is 0.321. The Morgan fingerprint density at radius 1 is 1.00 bits per heavy atom. The van der Waals surface area contributed by atoms with Crippen LogP contribution in [-0.2, 0) is 19.5 Å². The quantitative estimate of drug-likeness (QED) is 0.0266. The monoisotopic (exact) mass is 736 g/mol. The summed E-state index contributed by atoms with van der Waals surface area (Å²) in [5.41, 5.74) is -1.78. The Labute approximate surface area is 287 Å². The number of anilines is 3. The third kappa shape index (κ3) is 8.17. The van der Waals surface area contributed by atoms with Crippen LogP contribution in [0.5, 0.6) is 5.75 Å². The van der Waals surface area contributed by atoms with Crippen LogP contribution in [0.3, 0.4) is 0 Å². The second-order valence-corrected chi connectivity index (χ2v) is 13.5. The number of likely N-dealkylation sites (N-methyl/N-ethyl adjacent to an activating group) is 1. The number of aromatic nitrogens is 3. The molecule has 9 N–H and O–H groups in total. The van der Waals surface area contributed by atoms with Crippen molar-refractivity contribution in [2.45, 2.75) is 48.3 Å². The number of nitrogens with zero attached hydrogens (tertiary/aromatic N) is 6. The van der Waals surface area contributed by atoms with Crippen molar-refractivity contribution in [1.29, 1.82) is 0 Å². The van der Waals surface area contributed by atoms with Crippen LogP contribution in [0.4, 0.5) is 29.0 Å². The number of hydrogen-bond acceptors (Lipinski definition) is 19. The first kappa shape index (κ1) is 36.9. The molecule has 2 unspecified atom stereocenters. The van der Waals surface area contributed by atoms with Crippen molar-refractivity contribution < 1.29 is 53.1 Å². The summed E-state index contributed by atoms with van der Waals surface area (Å²) in [6.07, 6.45) is -4.03. The van der Waals surface area contributed by atoms with Gasteiger partial charge in [0.05, 0.1) is 33.2 Å². The van der Waals surface area contributed by atoms with E-state index >= 15 is 0 Å². The van der Waals surface area contributed by atoms with Gasteiger partial charge in [-0.05, 0) is 62.7 Å². The molecule has 4 aromatic rings. The van der Waals surface area contributed by atoms with Gasteiger partial charge in [0.2, 0.25) is 11.9 Å². The Bertz CT molecular complexity index is 2070. The summed E-state index contributed by atoms with van der Waals surface area (Å²) < 4.78 is 39.1. The molecule has 0 radical (unpaired) electrons. The maximum Gasteiger partial charge on any atom is 0.351 e. The summed E-state index contributed by atoms with van der Waals surface area (Å²) >= 11 is 0.315. The van der Waals surface area contributed by atoms with E-state index in [1.54, 1.807) is 0 Å². The summed E-state index contributed by atoms with van der Waals surface area (Å²) in [5, 5.41) is 73.3. The van der Waals surface area contributed by atoms with Crippen molar-refractivity contribution in [3.05, 3.63) is 58.0 Å². The number of fused-ring (bicyclic) bond motifs is 1. The van der Waals surface area contributed by atoms with Gasteiger partial charge in [0, 0.05) is 41.7 Å². The minimum atomic E-state index is -4.85. The molecule has 1 aliphatic heterocycles. The number of aromatic hydroxyl groups is 1. The lowest BCUT2D eigenvalue weighted by Gasteiger charge is -2.42. The SMILES string of the molecule is CC1CN(c2nc(Nc3cc(S(=O)(=O)O)cc4cc(SOOO)c(N=Nc5cc(C(O)O)cc(C(O)O)c5)c(O)c34)[nH]c(=O)n2)C(C)CN1C. The molecule has 50 heavy (non-hydrogen) atoms. The van der Waals surface area contributed by atoms with Crippen LogP contribution >= 0.6 is 12.0 Å². The van der Waals surface area contributed by atoms with E-state index in [1.165, 1.54) is 6.07 Å². The Balaban J connectivity index is 1.68. The molecule has 0 aliphatic carbocycles. The van der Waals surface area contributed by atoms with Gasteiger partial charge in [-0.1, -0.05) is 5.04 Å². The first-order valence-electron chi connectivity index (χ1n) is 14.5.